The van der Waals surface area contributed by atoms with Gasteiger partial charge in [0.1, 0.15) is 6.10 Å². The number of hydrogen-bond acceptors (Lipinski definition) is 1. The second kappa shape index (κ2) is 4.76. The topological polar surface area (TPSA) is 25.2 Å². The van der Waals surface area contributed by atoms with Gasteiger partial charge in [-0.1, -0.05) is 38.1 Å². The summed E-state index contributed by atoms with van der Waals surface area (Å²) >= 11 is 0. The Morgan fingerprint density at radius 2 is 1.76 bits per heavy atom. The van der Waals surface area contributed by atoms with Crippen LogP contribution in [-0.2, 0) is 7.05 Å². The first-order valence-electron chi connectivity index (χ1n) is 5.98. The Morgan fingerprint density at radius 1 is 1.06 bits per heavy atom. The Kier molecular flexibility index (Phi) is 3.34. The van der Waals surface area contributed by atoms with Gasteiger partial charge < -0.3 is 9.67 Å². The summed E-state index contributed by atoms with van der Waals surface area (Å²) in [6.07, 6.45) is 1.40. The molecule has 1 atom stereocenters. The lowest BCUT2D eigenvalue weighted by molar-refractivity contribution is 0.211. The van der Waals surface area contributed by atoms with Gasteiger partial charge in [0.2, 0.25) is 0 Å². The molecule has 0 amide bonds. The number of hydrogen-bond donors (Lipinski definition) is 1. The summed E-state index contributed by atoms with van der Waals surface area (Å²) < 4.78 is 1.95. The molecule has 1 unspecified atom stereocenters. The van der Waals surface area contributed by atoms with E-state index < -0.39 is 6.10 Å². The Bertz CT molecular complexity index is 499. The number of aliphatic hydroxyl groups is 1. The first kappa shape index (κ1) is 11.9. The van der Waals surface area contributed by atoms with Crippen molar-refractivity contribution < 1.29 is 5.11 Å². The van der Waals surface area contributed by atoms with Gasteiger partial charge in [-0.05, 0) is 29.2 Å². The minimum Gasteiger partial charge on any atom is -0.382 e. The molecule has 2 rings (SSSR count). The third kappa shape index (κ3) is 2.42. The van der Waals surface area contributed by atoms with Gasteiger partial charge in [0, 0.05) is 13.2 Å². The quantitative estimate of drug-likeness (QED) is 0.858. The summed E-state index contributed by atoms with van der Waals surface area (Å²) in [5.74, 6) is 0.482. The molecule has 0 fully saturated rings. The van der Waals surface area contributed by atoms with Crippen molar-refractivity contribution in [1.29, 1.82) is 0 Å². The molecule has 2 nitrogen and oxygen atoms in total. The van der Waals surface area contributed by atoms with Gasteiger partial charge in [-0.15, -0.1) is 0 Å². The fraction of sp³-hybridized carbons (Fsp3) is 0.333. The summed E-state index contributed by atoms with van der Waals surface area (Å²) in [7, 11) is 1.95. The van der Waals surface area contributed by atoms with E-state index in [-0.39, 0.29) is 0 Å². The second-order valence-electron chi connectivity index (χ2n) is 4.77. The first-order valence-corrected chi connectivity index (χ1v) is 5.98. The van der Waals surface area contributed by atoms with E-state index in [1.54, 1.807) is 0 Å². The SMILES string of the molecule is CC(C)c1cccc(C(O)c2cccn2C)c1. The molecule has 2 aromatic rings. The summed E-state index contributed by atoms with van der Waals surface area (Å²) in [6, 6.07) is 12.1. The molecule has 2 heteroatoms. The van der Waals surface area contributed by atoms with Crippen LogP contribution in [0.4, 0.5) is 0 Å². The van der Waals surface area contributed by atoms with E-state index >= 15 is 0 Å². The van der Waals surface area contributed by atoms with Gasteiger partial charge in [-0.25, -0.2) is 0 Å². The molecule has 1 aromatic heterocycles. The van der Waals surface area contributed by atoms with Crippen molar-refractivity contribution in [3.63, 3.8) is 0 Å². The predicted molar refractivity (Wildman–Crippen MR) is 70.0 cm³/mol. The van der Waals surface area contributed by atoms with Crippen LogP contribution in [0, 0.1) is 0 Å². The number of aryl methyl sites for hydroxylation is 1. The highest BCUT2D eigenvalue weighted by molar-refractivity contribution is 5.31. The molecule has 0 aliphatic carbocycles. The van der Waals surface area contributed by atoms with E-state index in [0.717, 1.165) is 11.3 Å². The van der Waals surface area contributed by atoms with E-state index in [0.29, 0.717) is 5.92 Å². The van der Waals surface area contributed by atoms with Gasteiger partial charge in [-0.3, -0.25) is 0 Å². The van der Waals surface area contributed by atoms with Crippen LogP contribution in [0.1, 0.15) is 42.7 Å². The number of benzene rings is 1. The van der Waals surface area contributed by atoms with Crippen LogP contribution >= 0.6 is 0 Å². The fourth-order valence-electron chi connectivity index (χ4n) is 2.02. The Morgan fingerprint density at radius 3 is 2.35 bits per heavy atom. The van der Waals surface area contributed by atoms with E-state index in [9.17, 15) is 5.11 Å². The average molecular weight is 229 g/mol. The molecule has 0 saturated heterocycles. The lowest BCUT2D eigenvalue weighted by atomic mass is 9.98. The monoisotopic (exact) mass is 229 g/mol. The van der Waals surface area contributed by atoms with Crippen molar-refractivity contribution in [1.82, 2.24) is 4.57 Å². The molecule has 0 bridgehead atoms. The molecule has 0 aliphatic rings. The third-order valence-corrected chi connectivity index (χ3v) is 3.16. The van der Waals surface area contributed by atoms with Crippen LogP contribution in [0.15, 0.2) is 42.6 Å². The van der Waals surface area contributed by atoms with Crippen molar-refractivity contribution in [2.24, 2.45) is 7.05 Å². The minimum absolute atomic E-state index is 0.482. The minimum atomic E-state index is -0.548. The van der Waals surface area contributed by atoms with Gasteiger partial charge >= 0.3 is 0 Å². The zero-order valence-electron chi connectivity index (χ0n) is 10.6. The van der Waals surface area contributed by atoms with Crippen LogP contribution in [0.2, 0.25) is 0 Å². The highest BCUT2D eigenvalue weighted by Crippen LogP contribution is 2.24. The lowest BCUT2D eigenvalue weighted by Crippen LogP contribution is -2.05. The summed E-state index contributed by atoms with van der Waals surface area (Å²) in [6.45, 7) is 4.32. The standard InChI is InChI=1S/C15H19NO/c1-11(2)12-6-4-7-13(10-12)15(17)14-8-5-9-16(14)3/h4-11,15,17H,1-3H3. The molecule has 90 valence electrons. The van der Waals surface area contributed by atoms with Gasteiger partial charge in [0.25, 0.3) is 0 Å². The molecule has 0 aliphatic heterocycles. The Hall–Kier alpha value is -1.54. The van der Waals surface area contributed by atoms with Crippen molar-refractivity contribution >= 4 is 0 Å². The smallest absolute Gasteiger partial charge is 0.119 e. The second-order valence-corrected chi connectivity index (χ2v) is 4.77. The van der Waals surface area contributed by atoms with Crippen LogP contribution in [0.5, 0.6) is 0 Å². The molecule has 0 spiro atoms. The molecular weight excluding hydrogens is 210 g/mol. The van der Waals surface area contributed by atoms with Crippen molar-refractivity contribution in [3.05, 3.63) is 59.4 Å². The summed E-state index contributed by atoms with van der Waals surface area (Å²) in [4.78, 5) is 0. The Labute approximate surface area is 103 Å². The van der Waals surface area contributed by atoms with E-state index in [2.05, 4.69) is 26.0 Å². The summed E-state index contributed by atoms with van der Waals surface area (Å²) in [5, 5.41) is 10.3. The van der Waals surface area contributed by atoms with Crippen LogP contribution < -0.4 is 0 Å². The fourth-order valence-corrected chi connectivity index (χ4v) is 2.02. The zero-order chi connectivity index (χ0) is 12.4. The van der Waals surface area contributed by atoms with Crippen LogP contribution in [-0.4, -0.2) is 9.67 Å². The molecular formula is C15H19NO. The van der Waals surface area contributed by atoms with Crippen LogP contribution in [0.3, 0.4) is 0 Å². The lowest BCUT2D eigenvalue weighted by Gasteiger charge is -2.14. The first-order chi connectivity index (χ1) is 8.09. The van der Waals surface area contributed by atoms with Gasteiger partial charge in [0.05, 0.1) is 5.69 Å². The molecule has 0 saturated carbocycles. The normalized spacial score (nSPS) is 13.0. The molecule has 1 N–H and O–H groups in total. The number of aliphatic hydroxyl groups excluding tert-OH is 1. The number of nitrogens with zero attached hydrogens (tertiary/aromatic N) is 1. The molecule has 0 radical (unpaired) electrons. The molecule has 1 heterocycles. The van der Waals surface area contributed by atoms with Crippen molar-refractivity contribution in [2.75, 3.05) is 0 Å². The van der Waals surface area contributed by atoms with E-state index in [1.807, 2.05) is 42.1 Å². The highest BCUT2D eigenvalue weighted by Gasteiger charge is 2.13. The van der Waals surface area contributed by atoms with Gasteiger partial charge in [-0.2, -0.15) is 0 Å². The highest BCUT2D eigenvalue weighted by atomic mass is 16.3. The van der Waals surface area contributed by atoms with E-state index in [4.69, 9.17) is 0 Å². The molecule has 1 aromatic carbocycles. The number of rotatable bonds is 3. The van der Waals surface area contributed by atoms with Gasteiger partial charge in [0.15, 0.2) is 0 Å². The maximum Gasteiger partial charge on any atom is 0.119 e. The predicted octanol–water partition coefficient (Wildman–Crippen LogP) is 3.23. The molecule has 17 heavy (non-hydrogen) atoms. The Balaban J connectivity index is 2.34. The summed E-state index contributed by atoms with van der Waals surface area (Å²) in [5.41, 5.74) is 3.14. The largest absolute Gasteiger partial charge is 0.382 e. The maximum atomic E-state index is 10.3. The average Bonchev–Trinajstić information content (AvgIpc) is 2.74. The van der Waals surface area contributed by atoms with Crippen LogP contribution in [0.25, 0.3) is 0 Å². The van der Waals surface area contributed by atoms with Crippen molar-refractivity contribution in [2.45, 2.75) is 25.9 Å². The third-order valence-electron chi connectivity index (χ3n) is 3.16. The maximum absolute atomic E-state index is 10.3. The van der Waals surface area contributed by atoms with E-state index in [1.165, 1.54) is 5.56 Å². The zero-order valence-corrected chi connectivity index (χ0v) is 10.6. The van der Waals surface area contributed by atoms with Crippen molar-refractivity contribution in [3.8, 4) is 0 Å². The number of aromatic nitrogens is 1.